The number of carboxylic acids is 1. The number of rotatable bonds is 6. The van der Waals surface area contributed by atoms with Gasteiger partial charge in [-0.2, -0.15) is 0 Å². The van der Waals surface area contributed by atoms with E-state index < -0.39 is 21.8 Å². The summed E-state index contributed by atoms with van der Waals surface area (Å²) in [5, 5.41) is 31.0. The van der Waals surface area contributed by atoms with Gasteiger partial charge in [0.1, 0.15) is 11.1 Å². The number of hydrogen-bond acceptors (Lipinski definition) is 9. The van der Waals surface area contributed by atoms with Crippen molar-refractivity contribution in [2.24, 2.45) is 0 Å². The predicted octanol–water partition coefficient (Wildman–Crippen LogP) is 6.72. The van der Waals surface area contributed by atoms with E-state index in [2.05, 4.69) is 36.6 Å². The normalized spacial score (nSPS) is 10.2. The first-order valence-corrected chi connectivity index (χ1v) is 11.5. The largest absolute Gasteiger partial charge is 0.478 e. The van der Waals surface area contributed by atoms with Gasteiger partial charge in [-0.1, -0.05) is 31.9 Å². The molecule has 2 aromatic heterocycles. The van der Waals surface area contributed by atoms with Gasteiger partial charge in [0.15, 0.2) is 11.5 Å². The number of halogens is 2. The van der Waals surface area contributed by atoms with E-state index in [0.29, 0.717) is 8.95 Å². The topological polar surface area (TPSA) is 176 Å². The minimum Gasteiger partial charge on any atom is -0.478 e. The number of esters is 1. The molecule has 0 amide bonds. The van der Waals surface area contributed by atoms with Gasteiger partial charge in [-0.05, 0) is 36.4 Å². The minimum absolute atomic E-state index is 0.0262. The second-order valence-electron chi connectivity index (χ2n) is 6.96. The van der Waals surface area contributed by atoms with E-state index in [4.69, 9.17) is 13.9 Å². The number of carboxylic acid groups (broad SMARTS) is 1. The molecule has 12 nitrogen and oxygen atoms in total. The molecule has 0 fully saturated rings. The van der Waals surface area contributed by atoms with Crippen LogP contribution in [0.15, 0.2) is 78.8 Å². The van der Waals surface area contributed by atoms with Crippen LogP contribution in [0.4, 0.5) is 11.4 Å². The highest BCUT2D eigenvalue weighted by atomic mass is 79.9. The molecule has 37 heavy (non-hydrogen) atoms. The molecule has 190 valence electrons. The van der Waals surface area contributed by atoms with Gasteiger partial charge in [0.25, 0.3) is 11.4 Å². The van der Waals surface area contributed by atoms with Crippen LogP contribution in [-0.4, -0.2) is 34.0 Å². The molecule has 0 saturated carbocycles. The molecule has 0 bridgehead atoms. The van der Waals surface area contributed by atoms with Crippen LogP contribution in [0.1, 0.15) is 20.7 Å². The van der Waals surface area contributed by atoms with E-state index in [-0.39, 0.29) is 45.1 Å². The SMILES string of the molecule is COC(=O)c1ccoc1-c1ccc(Br)cc1[N+](=O)[O-].O=C(O)c1ccoc1-c1ccc(Br)cc1[N+](=O)[O-]. The number of nitro benzene ring substituents is 2. The maximum atomic E-state index is 11.6. The lowest BCUT2D eigenvalue weighted by molar-refractivity contribution is -0.384. The number of methoxy groups -OCH3 is 1. The molecular weight excluding hydrogens is 624 g/mol. The molecule has 0 unspecified atom stereocenters. The van der Waals surface area contributed by atoms with Crippen LogP contribution < -0.4 is 0 Å². The average Bonchev–Trinajstić information content (AvgIpc) is 3.54. The fourth-order valence-electron chi connectivity index (χ4n) is 3.17. The van der Waals surface area contributed by atoms with Crippen LogP contribution in [0.3, 0.4) is 0 Å². The zero-order valence-electron chi connectivity index (χ0n) is 18.5. The maximum Gasteiger partial charge on any atom is 0.341 e. The van der Waals surface area contributed by atoms with Crippen molar-refractivity contribution in [3.05, 3.63) is 101 Å². The number of carbonyl (C=O) groups excluding carboxylic acids is 1. The summed E-state index contributed by atoms with van der Waals surface area (Å²) in [6, 6.07) is 11.5. The number of ether oxygens (including phenoxy) is 1. The van der Waals surface area contributed by atoms with Crippen LogP contribution in [0, 0.1) is 20.2 Å². The van der Waals surface area contributed by atoms with Gasteiger partial charge in [0, 0.05) is 21.1 Å². The third kappa shape index (κ3) is 6.10. The van der Waals surface area contributed by atoms with Crippen molar-refractivity contribution in [3.8, 4) is 22.6 Å². The van der Waals surface area contributed by atoms with Crippen molar-refractivity contribution in [2.45, 2.75) is 0 Å². The fraction of sp³-hybridized carbons (Fsp3) is 0.0435. The summed E-state index contributed by atoms with van der Waals surface area (Å²) >= 11 is 6.29. The highest BCUT2D eigenvalue weighted by Crippen LogP contribution is 2.36. The van der Waals surface area contributed by atoms with Crippen LogP contribution in [-0.2, 0) is 4.74 Å². The van der Waals surface area contributed by atoms with Gasteiger partial charge >= 0.3 is 11.9 Å². The van der Waals surface area contributed by atoms with Crippen molar-refractivity contribution in [2.75, 3.05) is 7.11 Å². The Labute approximate surface area is 224 Å². The molecule has 4 rings (SSSR count). The summed E-state index contributed by atoms with van der Waals surface area (Å²) in [4.78, 5) is 43.4. The van der Waals surface area contributed by atoms with Crippen molar-refractivity contribution in [1.29, 1.82) is 0 Å². The summed E-state index contributed by atoms with van der Waals surface area (Å²) in [6.07, 6.45) is 2.47. The molecule has 2 aromatic carbocycles. The van der Waals surface area contributed by atoms with Crippen LogP contribution in [0.5, 0.6) is 0 Å². The van der Waals surface area contributed by atoms with Crippen molar-refractivity contribution in [1.82, 2.24) is 0 Å². The molecular formula is C23H14Br2N2O10. The zero-order valence-corrected chi connectivity index (χ0v) is 21.7. The standard InChI is InChI=1S/C12H8BrNO5.C11H6BrNO5/c1-18-12(15)9-4-5-19-11(9)8-3-2-7(13)6-10(8)14(16)17;12-6-1-2-7(9(5-6)13(16)17)10-8(11(14)15)3-4-18-10/h2-6H,1H3;1-5H,(H,14,15). The Morgan fingerprint density at radius 2 is 1.24 bits per heavy atom. The van der Waals surface area contributed by atoms with Crippen LogP contribution in [0.25, 0.3) is 22.6 Å². The van der Waals surface area contributed by atoms with E-state index in [1.165, 1.54) is 56.0 Å². The lowest BCUT2D eigenvalue weighted by atomic mass is 10.1. The Hall–Kier alpha value is -4.30. The van der Waals surface area contributed by atoms with Crippen molar-refractivity contribution in [3.63, 3.8) is 0 Å². The molecule has 0 atom stereocenters. The second kappa shape index (κ2) is 11.6. The van der Waals surface area contributed by atoms with Gasteiger partial charge in [-0.3, -0.25) is 20.2 Å². The van der Waals surface area contributed by atoms with E-state index in [0.717, 1.165) is 0 Å². The first kappa shape index (κ1) is 27.3. The van der Waals surface area contributed by atoms with E-state index in [9.17, 15) is 29.8 Å². The zero-order chi connectivity index (χ0) is 27.3. The molecule has 1 N–H and O–H groups in total. The summed E-state index contributed by atoms with van der Waals surface area (Å²) in [6.45, 7) is 0. The van der Waals surface area contributed by atoms with E-state index in [1.54, 1.807) is 12.1 Å². The van der Waals surface area contributed by atoms with Gasteiger partial charge in [0.05, 0.1) is 40.6 Å². The third-order valence-corrected chi connectivity index (χ3v) is 5.75. The fourth-order valence-corrected chi connectivity index (χ4v) is 3.87. The lowest BCUT2D eigenvalue weighted by Gasteiger charge is -2.03. The molecule has 14 heteroatoms. The number of aromatic carboxylic acids is 1. The Balaban J connectivity index is 0.000000206. The Kier molecular flexibility index (Phi) is 8.57. The molecule has 0 aliphatic rings. The van der Waals surface area contributed by atoms with Crippen molar-refractivity contribution < 1.29 is 38.1 Å². The van der Waals surface area contributed by atoms with Gasteiger partial charge in [-0.15, -0.1) is 0 Å². The molecule has 0 saturated heterocycles. The molecule has 0 aliphatic carbocycles. The first-order valence-electron chi connectivity index (χ1n) is 9.90. The Morgan fingerprint density at radius 3 is 1.65 bits per heavy atom. The second-order valence-corrected chi connectivity index (χ2v) is 8.79. The van der Waals surface area contributed by atoms with E-state index >= 15 is 0 Å². The van der Waals surface area contributed by atoms with Crippen LogP contribution >= 0.6 is 31.9 Å². The number of nitrogens with zero attached hydrogens (tertiary/aromatic N) is 2. The minimum atomic E-state index is -1.20. The van der Waals surface area contributed by atoms with Gasteiger partial charge < -0.3 is 18.7 Å². The number of nitro groups is 2. The summed E-state index contributed by atoms with van der Waals surface area (Å²) in [7, 11) is 1.23. The number of hydrogen-bond donors (Lipinski definition) is 1. The molecule has 0 spiro atoms. The number of furan rings is 2. The van der Waals surface area contributed by atoms with E-state index in [1.807, 2.05) is 0 Å². The smallest absolute Gasteiger partial charge is 0.341 e. The average molecular weight is 638 g/mol. The maximum absolute atomic E-state index is 11.6. The lowest BCUT2D eigenvalue weighted by Crippen LogP contribution is -2.02. The van der Waals surface area contributed by atoms with Gasteiger partial charge in [0.2, 0.25) is 0 Å². The highest BCUT2D eigenvalue weighted by Gasteiger charge is 2.25. The summed E-state index contributed by atoms with van der Waals surface area (Å²) in [5.74, 6) is -1.72. The summed E-state index contributed by atoms with van der Waals surface area (Å²) < 4.78 is 15.9. The number of benzene rings is 2. The molecule has 4 aromatic rings. The number of carbonyl (C=O) groups is 2. The molecule has 2 heterocycles. The quantitative estimate of drug-likeness (QED) is 0.136. The monoisotopic (exact) mass is 636 g/mol. The summed E-state index contributed by atoms with van der Waals surface area (Å²) in [5.41, 5.74) is 0.00819. The molecule has 0 aliphatic heterocycles. The Bertz CT molecular complexity index is 1510. The van der Waals surface area contributed by atoms with Crippen molar-refractivity contribution >= 4 is 55.2 Å². The van der Waals surface area contributed by atoms with Crippen LogP contribution in [0.2, 0.25) is 0 Å². The third-order valence-electron chi connectivity index (χ3n) is 4.77. The Morgan fingerprint density at radius 1 is 0.811 bits per heavy atom. The van der Waals surface area contributed by atoms with Gasteiger partial charge in [-0.25, -0.2) is 9.59 Å². The first-order chi connectivity index (χ1) is 17.5. The predicted molar refractivity (Wildman–Crippen MR) is 135 cm³/mol. The molecule has 0 radical (unpaired) electrons. The highest BCUT2D eigenvalue weighted by molar-refractivity contribution is 9.10.